The molecule has 0 aliphatic carbocycles. The van der Waals surface area contributed by atoms with Crippen LogP contribution >= 0.6 is 11.8 Å². The third kappa shape index (κ3) is 4.95. The van der Waals surface area contributed by atoms with Crippen molar-refractivity contribution in [2.75, 3.05) is 25.5 Å². The van der Waals surface area contributed by atoms with Crippen LogP contribution in [0, 0.1) is 12.7 Å². The van der Waals surface area contributed by atoms with Crippen LogP contribution in [0.1, 0.15) is 18.4 Å². The van der Waals surface area contributed by atoms with Crippen LogP contribution in [0.25, 0.3) is 0 Å². The zero-order chi connectivity index (χ0) is 15.3. The number of ether oxygens (including phenoxy) is 1. The molecule has 1 fully saturated rings. The van der Waals surface area contributed by atoms with Gasteiger partial charge in [0.15, 0.2) is 0 Å². The van der Waals surface area contributed by atoms with Gasteiger partial charge in [-0.2, -0.15) is 11.8 Å². The molecule has 1 saturated heterocycles. The average Bonchev–Trinajstić information content (AvgIpc) is 2.47. The molecule has 1 aliphatic rings. The quantitative estimate of drug-likeness (QED) is 0.812. The van der Waals surface area contributed by atoms with Gasteiger partial charge in [0.25, 0.3) is 0 Å². The van der Waals surface area contributed by atoms with Gasteiger partial charge in [-0.15, -0.1) is 0 Å². The largest absolute Gasteiger partial charge is 0.381 e. The summed E-state index contributed by atoms with van der Waals surface area (Å²) in [4.78, 5) is 0.109. The van der Waals surface area contributed by atoms with E-state index in [0.29, 0.717) is 17.4 Å². The average molecular weight is 333 g/mol. The molecule has 118 valence electrons. The highest BCUT2D eigenvalue weighted by atomic mass is 32.2. The number of aryl methyl sites for hydroxylation is 1. The summed E-state index contributed by atoms with van der Waals surface area (Å²) in [5.41, 5.74) is 0.328. The minimum Gasteiger partial charge on any atom is -0.381 e. The molecule has 0 unspecified atom stereocenters. The van der Waals surface area contributed by atoms with Gasteiger partial charge in [0, 0.05) is 30.8 Å². The maximum Gasteiger partial charge on any atom is 0.240 e. The Morgan fingerprint density at radius 1 is 1.38 bits per heavy atom. The fourth-order valence-corrected chi connectivity index (χ4v) is 4.44. The Kier molecular flexibility index (Phi) is 6.04. The highest BCUT2D eigenvalue weighted by Gasteiger charge is 2.16. The maximum absolute atomic E-state index is 13.2. The Hall–Kier alpha value is -0.630. The van der Waals surface area contributed by atoms with Crippen molar-refractivity contribution >= 4 is 21.8 Å². The van der Waals surface area contributed by atoms with Crippen molar-refractivity contribution in [2.24, 2.45) is 0 Å². The summed E-state index contributed by atoms with van der Waals surface area (Å²) in [6.07, 6.45) is 2.04. The van der Waals surface area contributed by atoms with Gasteiger partial charge in [0.05, 0.1) is 4.90 Å². The van der Waals surface area contributed by atoms with E-state index >= 15 is 0 Å². The van der Waals surface area contributed by atoms with Crippen molar-refractivity contribution < 1.29 is 17.5 Å². The van der Waals surface area contributed by atoms with Crippen molar-refractivity contribution in [3.8, 4) is 0 Å². The molecule has 1 aromatic carbocycles. The van der Waals surface area contributed by atoms with Gasteiger partial charge in [-0.25, -0.2) is 17.5 Å². The van der Waals surface area contributed by atoms with Crippen molar-refractivity contribution in [3.05, 3.63) is 29.6 Å². The van der Waals surface area contributed by atoms with E-state index in [0.717, 1.165) is 31.8 Å². The molecule has 21 heavy (non-hydrogen) atoms. The van der Waals surface area contributed by atoms with Crippen molar-refractivity contribution in [1.29, 1.82) is 0 Å². The molecule has 0 aromatic heterocycles. The Balaban J connectivity index is 1.82. The van der Waals surface area contributed by atoms with E-state index in [1.807, 2.05) is 0 Å². The lowest BCUT2D eigenvalue weighted by molar-refractivity contribution is 0.100. The van der Waals surface area contributed by atoms with Crippen LogP contribution < -0.4 is 4.72 Å². The molecule has 0 saturated carbocycles. The second-order valence-electron chi connectivity index (χ2n) is 4.99. The van der Waals surface area contributed by atoms with Gasteiger partial charge < -0.3 is 4.74 Å². The lowest BCUT2D eigenvalue weighted by Crippen LogP contribution is -2.27. The molecule has 7 heteroatoms. The first-order chi connectivity index (χ1) is 9.99. The van der Waals surface area contributed by atoms with Crippen LogP contribution in [0.3, 0.4) is 0 Å². The van der Waals surface area contributed by atoms with Gasteiger partial charge in [-0.1, -0.05) is 0 Å². The lowest BCUT2D eigenvalue weighted by Gasteiger charge is -2.21. The van der Waals surface area contributed by atoms with E-state index < -0.39 is 15.8 Å². The molecule has 0 amide bonds. The molecule has 1 heterocycles. The minimum atomic E-state index is -3.56. The van der Waals surface area contributed by atoms with Crippen LogP contribution in [0.5, 0.6) is 0 Å². The lowest BCUT2D eigenvalue weighted by atomic mass is 10.2. The Bertz CT molecular complexity index is 572. The van der Waals surface area contributed by atoms with Crippen molar-refractivity contribution in [3.63, 3.8) is 0 Å². The molecule has 1 aliphatic heterocycles. The highest BCUT2D eigenvalue weighted by molar-refractivity contribution is 8.00. The van der Waals surface area contributed by atoms with Crippen LogP contribution in [0.2, 0.25) is 0 Å². The molecule has 1 aromatic rings. The van der Waals surface area contributed by atoms with Crippen LogP contribution in [0.15, 0.2) is 23.1 Å². The molecule has 2 rings (SSSR count). The van der Waals surface area contributed by atoms with Crippen LogP contribution in [-0.2, 0) is 14.8 Å². The minimum absolute atomic E-state index is 0.109. The molecule has 0 atom stereocenters. The van der Waals surface area contributed by atoms with Crippen molar-refractivity contribution in [1.82, 2.24) is 4.72 Å². The number of halogens is 1. The second-order valence-corrected chi connectivity index (χ2v) is 8.17. The topological polar surface area (TPSA) is 55.4 Å². The predicted octanol–water partition coefficient (Wildman–Crippen LogP) is 2.32. The molecule has 0 bridgehead atoms. The Labute approximate surface area is 129 Å². The van der Waals surface area contributed by atoms with E-state index in [-0.39, 0.29) is 4.90 Å². The summed E-state index contributed by atoms with van der Waals surface area (Å²) < 4.78 is 45.2. The van der Waals surface area contributed by atoms with Gasteiger partial charge in [0.1, 0.15) is 5.82 Å². The summed E-state index contributed by atoms with van der Waals surface area (Å²) in [6, 6.07) is 3.82. The zero-order valence-electron chi connectivity index (χ0n) is 12.0. The first-order valence-electron chi connectivity index (χ1n) is 6.94. The monoisotopic (exact) mass is 333 g/mol. The van der Waals surface area contributed by atoms with E-state index in [2.05, 4.69) is 4.72 Å². The molecule has 4 nitrogen and oxygen atoms in total. The zero-order valence-corrected chi connectivity index (χ0v) is 13.6. The van der Waals surface area contributed by atoms with Gasteiger partial charge >= 0.3 is 0 Å². The first-order valence-corrected chi connectivity index (χ1v) is 9.47. The number of nitrogens with one attached hydrogen (secondary N) is 1. The highest BCUT2D eigenvalue weighted by Crippen LogP contribution is 2.21. The van der Waals surface area contributed by atoms with E-state index in [9.17, 15) is 12.8 Å². The molecule has 1 N–H and O–H groups in total. The SMILES string of the molecule is Cc1cc(S(=O)(=O)NCCSC2CCOCC2)ccc1F. The number of hydrogen-bond acceptors (Lipinski definition) is 4. The maximum atomic E-state index is 13.2. The molecular formula is C14H20FNO3S2. The van der Waals surface area contributed by atoms with Crippen LogP contribution in [0.4, 0.5) is 4.39 Å². The number of rotatable bonds is 6. The Morgan fingerprint density at radius 3 is 2.76 bits per heavy atom. The summed E-state index contributed by atoms with van der Waals surface area (Å²) in [5.74, 6) is 0.327. The summed E-state index contributed by atoms with van der Waals surface area (Å²) >= 11 is 1.77. The van der Waals surface area contributed by atoms with Gasteiger partial charge in [0.2, 0.25) is 10.0 Å². The number of sulfonamides is 1. The first kappa shape index (κ1) is 16.7. The van der Waals surface area contributed by atoms with Crippen molar-refractivity contribution in [2.45, 2.75) is 29.9 Å². The van der Waals surface area contributed by atoms with Gasteiger partial charge in [-0.05, 0) is 43.5 Å². The molecule has 0 spiro atoms. The fraction of sp³-hybridized carbons (Fsp3) is 0.571. The number of thioether (sulfide) groups is 1. The van der Waals surface area contributed by atoms with E-state index in [1.165, 1.54) is 18.2 Å². The molecular weight excluding hydrogens is 313 g/mol. The normalized spacial score (nSPS) is 17.0. The standard InChI is InChI=1S/C14H20FNO3S2/c1-11-10-13(2-3-14(11)15)21(17,18)16-6-9-20-12-4-7-19-8-5-12/h2-3,10,12,16H,4-9H2,1H3. The third-order valence-electron chi connectivity index (χ3n) is 3.36. The number of benzene rings is 1. The Morgan fingerprint density at radius 2 is 2.10 bits per heavy atom. The third-order valence-corrected chi connectivity index (χ3v) is 6.20. The summed E-state index contributed by atoms with van der Waals surface area (Å²) in [7, 11) is -3.56. The number of hydrogen-bond donors (Lipinski definition) is 1. The predicted molar refractivity (Wildman–Crippen MR) is 82.6 cm³/mol. The summed E-state index contributed by atoms with van der Waals surface area (Å²) in [5, 5.41) is 0.552. The summed E-state index contributed by atoms with van der Waals surface area (Å²) in [6.45, 7) is 3.51. The molecule has 0 radical (unpaired) electrons. The smallest absolute Gasteiger partial charge is 0.240 e. The van der Waals surface area contributed by atoms with Crippen LogP contribution in [-0.4, -0.2) is 39.2 Å². The van der Waals surface area contributed by atoms with E-state index in [4.69, 9.17) is 4.74 Å². The second kappa shape index (κ2) is 7.58. The fourth-order valence-electron chi connectivity index (χ4n) is 2.11. The van der Waals surface area contributed by atoms with Gasteiger partial charge in [-0.3, -0.25) is 0 Å². The van der Waals surface area contributed by atoms with E-state index in [1.54, 1.807) is 18.7 Å².